The number of para-hydroxylation sites is 1. The summed E-state index contributed by atoms with van der Waals surface area (Å²) in [5.74, 6) is -0.976. The van der Waals surface area contributed by atoms with Crippen LogP contribution >= 0.6 is 15.9 Å². The predicted molar refractivity (Wildman–Crippen MR) is 130 cm³/mol. The van der Waals surface area contributed by atoms with Gasteiger partial charge in [0.2, 0.25) is 0 Å². The molecule has 0 unspecified atom stereocenters. The van der Waals surface area contributed by atoms with E-state index in [0.717, 1.165) is 21.2 Å². The van der Waals surface area contributed by atoms with Crippen LogP contribution in [-0.4, -0.2) is 23.5 Å². The Morgan fingerprint density at radius 3 is 2.47 bits per heavy atom. The van der Waals surface area contributed by atoms with E-state index in [1.54, 1.807) is 12.1 Å². The number of hydrogen-bond acceptors (Lipinski definition) is 4. The fourth-order valence-electron chi connectivity index (χ4n) is 3.34. The molecule has 160 valence electrons. The Bertz CT molecular complexity index is 1320. The van der Waals surface area contributed by atoms with E-state index in [2.05, 4.69) is 21.2 Å². The summed E-state index contributed by atoms with van der Waals surface area (Å²) in [5, 5.41) is 3.43. The lowest BCUT2D eigenvalue weighted by molar-refractivity contribution is -0.119. The molecule has 1 aromatic heterocycles. The van der Waals surface area contributed by atoms with Crippen molar-refractivity contribution in [2.45, 2.75) is 13.8 Å². The highest BCUT2D eigenvalue weighted by molar-refractivity contribution is 9.10. The van der Waals surface area contributed by atoms with E-state index < -0.39 is 11.9 Å². The maximum Gasteiger partial charge on any atom is 0.339 e. The Balaban J connectivity index is 1.55. The third kappa shape index (κ3) is 4.86. The number of esters is 1. The first-order valence-electron chi connectivity index (χ1n) is 10.1. The Kier molecular flexibility index (Phi) is 6.32. The second kappa shape index (κ2) is 9.32. The fourth-order valence-corrected chi connectivity index (χ4v) is 3.59. The topological polar surface area (TPSA) is 68.3 Å². The van der Waals surface area contributed by atoms with Crippen molar-refractivity contribution in [2.24, 2.45) is 0 Å². The summed E-state index contributed by atoms with van der Waals surface area (Å²) < 4.78 is 6.30. The second-order valence-corrected chi connectivity index (χ2v) is 8.38. The zero-order chi connectivity index (χ0) is 22.7. The van der Waals surface area contributed by atoms with Crippen LogP contribution in [0, 0.1) is 13.8 Å². The largest absolute Gasteiger partial charge is 0.452 e. The van der Waals surface area contributed by atoms with Crippen molar-refractivity contribution in [2.75, 3.05) is 11.9 Å². The summed E-state index contributed by atoms with van der Waals surface area (Å²) in [6.45, 7) is 3.56. The van der Waals surface area contributed by atoms with Crippen LogP contribution in [0.15, 0.2) is 77.3 Å². The number of rotatable bonds is 5. The zero-order valence-corrected chi connectivity index (χ0v) is 19.3. The molecule has 4 aromatic rings. The van der Waals surface area contributed by atoms with Crippen LogP contribution in [-0.2, 0) is 9.53 Å². The third-order valence-corrected chi connectivity index (χ3v) is 5.95. The molecule has 0 saturated heterocycles. The minimum absolute atomic E-state index is 0.374. The van der Waals surface area contributed by atoms with Gasteiger partial charge < -0.3 is 10.1 Å². The molecule has 3 aromatic carbocycles. The van der Waals surface area contributed by atoms with E-state index in [1.807, 2.05) is 74.5 Å². The van der Waals surface area contributed by atoms with Crippen LogP contribution in [0.2, 0.25) is 0 Å². The lowest BCUT2D eigenvalue weighted by atomic mass is 10.0. The van der Waals surface area contributed by atoms with Crippen molar-refractivity contribution >= 4 is 44.4 Å². The average molecular weight is 489 g/mol. The summed E-state index contributed by atoms with van der Waals surface area (Å²) in [6, 6.07) is 22.5. The van der Waals surface area contributed by atoms with E-state index in [0.29, 0.717) is 27.8 Å². The summed E-state index contributed by atoms with van der Waals surface area (Å²) in [4.78, 5) is 29.9. The predicted octanol–water partition coefficient (Wildman–Crippen LogP) is 6.08. The van der Waals surface area contributed by atoms with Gasteiger partial charge in [0.05, 0.1) is 16.8 Å². The normalized spacial score (nSPS) is 10.7. The van der Waals surface area contributed by atoms with Crippen molar-refractivity contribution in [3.63, 3.8) is 0 Å². The van der Waals surface area contributed by atoms with Gasteiger partial charge in [-0.05, 0) is 49.7 Å². The van der Waals surface area contributed by atoms with Gasteiger partial charge in [-0.25, -0.2) is 9.78 Å². The highest BCUT2D eigenvalue weighted by atomic mass is 79.9. The van der Waals surface area contributed by atoms with Crippen molar-refractivity contribution < 1.29 is 14.3 Å². The van der Waals surface area contributed by atoms with Gasteiger partial charge in [-0.15, -0.1) is 0 Å². The number of halogens is 1. The van der Waals surface area contributed by atoms with Gasteiger partial charge in [-0.3, -0.25) is 4.79 Å². The molecular weight excluding hydrogens is 468 g/mol. The molecule has 0 aliphatic rings. The Labute approximate surface area is 194 Å². The van der Waals surface area contributed by atoms with E-state index in [4.69, 9.17) is 9.72 Å². The molecule has 32 heavy (non-hydrogen) atoms. The molecule has 0 saturated carbocycles. The van der Waals surface area contributed by atoms with Crippen LogP contribution in [0.4, 0.5) is 5.69 Å². The Morgan fingerprint density at radius 1 is 0.969 bits per heavy atom. The number of ether oxygens (including phenoxy) is 1. The molecule has 0 bridgehead atoms. The number of carbonyl (C=O) groups excluding carboxylic acids is 2. The molecule has 0 aliphatic carbocycles. The maximum atomic E-state index is 12.9. The molecule has 0 aliphatic heterocycles. The Morgan fingerprint density at radius 2 is 1.72 bits per heavy atom. The lowest BCUT2D eigenvalue weighted by Gasteiger charge is -2.11. The summed E-state index contributed by atoms with van der Waals surface area (Å²) in [6.07, 6.45) is 0. The number of benzene rings is 3. The highest BCUT2D eigenvalue weighted by Crippen LogP contribution is 2.26. The quantitative estimate of drug-likeness (QED) is 0.345. The van der Waals surface area contributed by atoms with Gasteiger partial charge in [0.15, 0.2) is 6.61 Å². The first kappa shape index (κ1) is 21.7. The van der Waals surface area contributed by atoms with Crippen LogP contribution in [0.1, 0.15) is 21.5 Å². The van der Waals surface area contributed by atoms with E-state index >= 15 is 0 Å². The number of amides is 1. The number of nitrogens with one attached hydrogen (secondary N) is 1. The first-order chi connectivity index (χ1) is 15.4. The smallest absolute Gasteiger partial charge is 0.339 e. The number of nitrogens with zero attached hydrogens (tertiary/aromatic N) is 1. The van der Waals surface area contributed by atoms with Gasteiger partial charge in [0, 0.05) is 21.1 Å². The number of aromatic nitrogens is 1. The van der Waals surface area contributed by atoms with Crippen molar-refractivity contribution in [3.05, 3.63) is 94.0 Å². The van der Waals surface area contributed by atoms with E-state index in [1.165, 1.54) is 0 Å². The van der Waals surface area contributed by atoms with Gasteiger partial charge >= 0.3 is 5.97 Å². The monoisotopic (exact) mass is 488 g/mol. The number of anilines is 1. The highest BCUT2D eigenvalue weighted by Gasteiger charge is 2.17. The SMILES string of the molecule is Cc1ccc(-c2cc(C(=O)OCC(=O)Nc3ccc(Br)c(C)c3)c3ccccc3n2)cc1. The number of carbonyl (C=O) groups is 2. The van der Waals surface area contributed by atoms with Crippen LogP contribution in [0.5, 0.6) is 0 Å². The number of hydrogen-bond donors (Lipinski definition) is 1. The molecule has 0 radical (unpaired) electrons. The molecule has 0 fully saturated rings. The second-order valence-electron chi connectivity index (χ2n) is 7.53. The molecule has 1 N–H and O–H groups in total. The summed E-state index contributed by atoms with van der Waals surface area (Å²) in [5.41, 5.74) is 5.41. The Hall–Kier alpha value is -3.51. The van der Waals surface area contributed by atoms with Gasteiger partial charge in [-0.1, -0.05) is 64.0 Å². The molecule has 4 rings (SSSR count). The van der Waals surface area contributed by atoms with Gasteiger partial charge in [0.25, 0.3) is 5.91 Å². The van der Waals surface area contributed by atoms with Crippen molar-refractivity contribution in [1.29, 1.82) is 0 Å². The van der Waals surface area contributed by atoms with Crippen molar-refractivity contribution in [1.82, 2.24) is 4.98 Å². The minimum Gasteiger partial charge on any atom is -0.452 e. The average Bonchev–Trinajstić information content (AvgIpc) is 2.79. The lowest BCUT2D eigenvalue weighted by Crippen LogP contribution is -2.21. The number of pyridine rings is 1. The van der Waals surface area contributed by atoms with E-state index in [9.17, 15) is 9.59 Å². The standard InChI is InChI=1S/C26H21BrN2O3/c1-16-7-9-18(10-8-16)24-14-21(20-5-3-4-6-23(20)29-24)26(31)32-15-25(30)28-19-11-12-22(27)17(2)13-19/h3-14H,15H2,1-2H3,(H,28,30). The van der Waals surface area contributed by atoms with Crippen LogP contribution in [0.25, 0.3) is 22.2 Å². The first-order valence-corrected chi connectivity index (χ1v) is 10.9. The molecular formula is C26H21BrN2O3. The molecule has 6 heteroatoms. The zero-order valence-electron chi connectivity index (χ0n) is 17.7. The number of aryl methyl sites for hydroxylation is 2. The molecule has 1 heterocycles. The third-order valence-electron chi connectivity index (χ3n) is 5.06. The van der Waals surface area contributed by atoms with E-state index in [-0.39, 0.29) is 6.61 Å². The molecule has 0 spiro atoms. The summed E-state index contributed by atoms with van der Waals surface area (Å²) >= 11 is 3.43. The maximum absolute atomic E-state index is 12.9. The molecule has 0 atom stereocenters. The summed E-state index contributed by atoms with van der Waals surface area (Å²) in [7, 11) is 0. The molecule has 1 amide bonds. The minimum atomic E-state index is -0.570. The van der Waals surface area contributed by atoms with Crippen LogP contribution in [0.3, 0.4) is 0 Å². The van der Waals surface area contributed by atoms with Gasteiger partial charge in [-0.2, -0.15) is 0 Å². The number of fused-ring (bicyclic) bond motifs is 1. The van der Waals surface area contributed by atoms with Gasteiger partial charge in [0.1, 0.15) is 0 Å². The fraction of sp³-hybridized carbons (Fsp3) is 0.115. The van der Waals surface area contributed by atoms with Crippen molar-refractivity contribution in [3.8, 4) is 11.3 Å². The van der Waals surface area contributed by atoms with Crippen LogP contribution < -0.4 is 5.32 Å². The molecule has 5 nitrogen and oxygen atoms in total.